The molecule has 1 aliphatic rings. The smallest absolute Gasteiger partial charge is 0.162 e. The van der Waals surface area contributed by atoms with Crippen LogP contribution in [0.5, 0.6) is 0 Å². The van der Waals surface area contributed by atoms with Gasteiger partial charge in [-0.2, -0.15) is 0 Å². The summed E-state index contributed by atoms with van der Waals surface area (Å²) in [4.78, 5) is 9.98. The Bertz CT molecular complexity index is 251. The molecule has 0 spiro atoms. The number of ketones is 1. The fraction of sp³-hybridized carbons (Fsp3) is 0.800. The second kappa shape index (κ2) is 3.14. The van der Waals surface area contributed by atoms with Gasteiger partial charge in [-0.1, -0.05) is 31.9 Å². The molecular formula is C5H6Br2O3S. The van der Waals surface area contributed by atoms with Crippen molar-refractivity contribution in [1.82, 2.24) is 0 Å². The molecule has 0 N–H and O–H groups in total. The van der Waals surface area contributed by atoms with Crippen LogP contribution < -0.4 is 0 Å². The van der Waals surface area contributed by atoms with Gasteiger partial charge in [0.1, 0.15) is 0 Å². The zero-order valence-corrected chi connectivity index (χ0v) is 9.45. The Morgan fingerprint density at radius 2 is 1.55 bits per heavy atom. The van der Waals surface area contributed by atoms with Crippen LogP contribution in [0.3, 0.4) is 0 Å². The minimum Gasteiger partial charge on any atom is -0.297 e. The normalized spacial score (nSPS) is 37.1. The van der Waals surface area contributed by atoms with E-state index in [-0.39, 0.29) is 17.3 Å². The van der Waals surface area contributed by atoms with Gasteiger partial charge >= 0.3 is 0 Å². The minimum absolute atomic E-state index is 0.0755. The molecule has 64 valence electrons. The lowest BCUT2D eigenvalue weighted by Crippen LogP contribution is -2.41. The summed E-state index contributed by atoms with van der Waals surface area (Å²) < 4.78 is 22.0. The SMILES string of the molecule is O=C1C(Br)CS(=O)(=O)CC1Br. The number of carbonyl (C=O) groups excluding carboxylic acids is 1. The maximum absolute atomic E-state index is 11.1. The zero-order valence-electron chi connectivity index (χ0n) is 5.46. The van der Waals surface area contributed by atoms with Gasteiger partial charge in [-0.3, -0.25) is 4.79 Å². The van der Waals surface area contributed by atoms with Gasteiger partial charge in [-0.25, -0.2) is 8.42 Å². The predicted octanol–water partition coefficient (Wildman–Crippen LogP) is 0.511. The van der Waals surface area contributed by atoms with Crippen LogP contribution in [0.4, 0.5) is 0 Å². The average Bonchev–Trinajstić information content (AvgIpc) is 1.81. The molecule has 1 rings (SSSR count). The first-order chi connectivity index (χ1) is 4.92. The highest BCUT2D eigenvalue weighted by Gasteiger charge is 2.36. The van der Waals surface area contributed by atoms with Gasteiger partial charge in [0.05, 0.1) is 21.2 Å². The Kier molecular flexibility index (Phi) is 2.76. The van der Waals surface area contributed by atoms with E-state index in [9.17, 15) is 13.2 Å². The van der Waals surface area contributed by atoms with Gasteiger partial charge in [0.25, 0.3) is 0 Å². The van der Waals surface area contributed by atoms with Gasteiger partial charge < -0.3 is 0 Å². The molecule has 0 radical (unpaired) electrons. The van der Waals surface area contributed by atoms with Crippen LogP contribution in [0.25, 0.3) is 0 Å². The number of sulfone groups is 1. The summed E-state index contributed by atoms with van der Waals surface area (Å²) >= 11 is 6.02. The topological polar surface area (TPSA) is 51.2 Å². The van der Waals surface area contributed by atoms with Crippen LogP contribution in [0.15, 0.2) is 0 Å². The first-order valence-corrected chi connectivity index (χ1v) is 6.60. The molecule has 1 saturated heterocycles. The quantitative estimate of drug-likeness (QED) is 0.613. The van der Waals surface area contributed by atoms with Crippen LogP contribution in [-0.2, 0) is 14.6 Å². The standard InChI is InChI=1S/C5H6Br2O3S/c6-3-1-11(9,10)2-4(7)5(3)8/h3-4H,1-2H2. The van der Waals surface area contributed by atoms with Crippen LogP contribution in [0.1, 0.15) is 0 Å². The molecule has 1 fully saturated rings. The Labute approximate surface area is 81.7 Å². The molecule has 0 saturated carbocycles. The third-order valence-electron chi connectivity index (χ3n) is 1.42. The summed E-state index contributed by atoms with van der Waals surface area (Å²) in [6.07, 6.45) is 0. The summed E-state index contributed by atoms with van der Waals surface area (Å²) in [6.45, 7) is 0. The number of rotatable bonds is 0. The van der Waals surface area contributed by atoms with E-state index in [0.717, 1.165) is 0 Å². The highest BCUT2D eigenvalue weighted by Crippen LogP contribution is 2.20. The molecule has 3 nitrogen and oxygen atoms in total. The molecule has 11 heavy (non-hydrogen) atoms. The zero-order chi connectivity index (χ0) is 8.65. The van der Waals surface area contributed by atoms with Crippen LogP contribution >= 0.6 is 31.9 Å². The van der Waals surface area contributed by atoms with E-state index >= 15 is 0 Å². The van der Waals surface area contributed by atoms with Gasteiger partial charge in [0.15, 0.2) is 15.6 Å². The second-order valence-electron chi connectivity index (χ2n) is 2.41. The van der Waals surface area contributed by atoms with E-state index in [1.54, 1.807) is 0 Å². The van der Waals surface area contributed by atoms with Crippen molar-refractivity contribution in [3.05, 3.63) is 0 Å². The molecule has 1 aliphatic heterocycles. The number of halogens is 2. The van der Waals surface area contributed by atoms with Crippen molar-refractivity contribution >= 4 is 47.5 Å². The highest BCUT2D eigenvalue weighted by molar-refractivity contribution is 9.10. The van der Waals surface area contributed by atoms with E-state index in [4.69, 9.17) is 0 Å². The number of hydrogen-bond acceptors (Lipinski definition) is 3. The fourth-order valence-corrected chi connectivity index (χ4v) is 5.64. The average molecular weight is 306 g/mol. The van der Waals surface area contributed by atoms with Gasteiger partial charge in [0, 0.05) is 0 Å². The molecule has 1 heterocycles. The third-order valence-corrected chi connectivity index (χ3v) is 5.51. The Morgan fingerprint density at radius 3 is 1.91 bits per heavy atom. The van der Waals surface area contributed by atoms with E-state index in [1.165, 1.54) is 0 Å². The third kappa shape index (κ3) is 2.26. The number of alkyl halides is 2. The molecule has 0 amide bonds. The molecular weight excluding hydrogens is 300 g/mol. The number of carbonyl (C=O) groups is 1. The molecule has 0 bridgehead atoms. The Hall–Kier alpha value is 0.580. The summed E-state index contributed by atoms with van der Waals surface area (Å²) in [6, 6.07) is 0. The number of hydrogen-bond donors (Lipinski definition) is 0. The van der Waals surface area contributed by atoms with E-state index in [0.29, 0.717) is 0 Å². The summed E-state index contributed by atoms with van der Waals surface area (Å²) in [5, 5.41) is 0. The maximum atomic E-state index is 11.1. The van der Waals surface area contributed by atoms with Crippen molar-refractivity contribution in [1.29, 1.82) is 0 Å². The fourth-order valence-electron chi connectivity index (χ4n) is 0.874. The van der Waals surface area contributed by atoms with Crippen molar-refractivity contribution in [3.63, 3.8) is 0 Å². The van der Waals surface area contributed by atoms with Crippen molar-refractivity contribution < 1.29 is 13.2 Å². The van der Waals surface area contributed by atoms with E-state index < -0.39 is 19.5 Å². The Morgan fingerprint density at radius 1 is 1.18 bits per heavy atom. The predicted molar refractivity (Wildman–Crippen MR) is 49.1 cm³/mol. The van der Waals surface area contributed by atoms with Crippen LogP contribution in [0, 0.1) is 0 Å². The summed E-state index contributed by atoms with van der Waals surface area (Å²) in [5.41, 5.74) is 0. The molecule has 0 aromatic carbocycles. The second-order valence-corrected chi connectivity index (χ2v) is 6.78. The number of Topliss-reactive ketones (excluding diaryl/α,β-unsaturated/α-hetero) is 1. The lowest BCUT2D eigenvalue weighted by atomic mass is 10.2. The molecule has 0 aliphatic carbocycles. The van der Waals surface area contributed by atoms with Crippen molar-refractivity contribution in [2.45, 2.75) is 9.65 Å². The molecule has 0 aromatic heterocycles. The lowest BCUT2D eigenvalue weighted by Gasteiger charge is -2.19. The largest absolute Gasteiger partial charge is 0.297 e. The highest BCUT2D eigenvalue weighted by atomic mass is 79.9. The maximum Gasteiger partial charge on any atom is 0.162 e. The first-order valence-electron chi connectivity index (χ1n) is 2.95. The summed E-state index contributed by atoms with van der Waals surface area (Å²) in [5.74, 6) is -0.234. The molecule has 2 unspecified atom stereocenters. The first kappa shape index (κ1) is 9.67. The van der Waals surface area contributed by atoms with Gasteiger partial charge in [-0.15, -0.1) is 0 Å². The Balaban J connectivity index is 2.87. The van der Waals surface area contributed by atoms with Crippen molar-refractivity contribution in [2.75, 3.05) is 11.5 Å². The lowest BCUT2D eigenvalue weighted by molar-refractivity contribution is -0.117. The van der Waals surface area contributed by atoms with Crippen molar-refractivity contribution in [3.8, 4) is 0 Å². The molecule has 0 aromatic rings. The molecule has 6 heteroatoms. The summed E-state index contributed by atoms with van der Waals surface area (Å²) in [7, 11) is -3.03. The van der Waals surface area contributed by atoms with Crippen LogP contribution in [0.2, 0.25) is 0 Å². The van der Waals surface area contributed by atoms with Crippen LogP contribution in [-0.4, -0.2) is 35.4 Å². The minimum atomic E-state index is -3.03. The molecule has 2 atom stereocenters. The monoisotopic (exact) mass is 304 g/mol. The van der Waals surface area contributed by atoms with Gasteiger partial charge in [0.2, 0.25) is 0 Å². The van der Waals surface area contributed by atoms with Crippen molar-refractivity contribution in [2.24, 2.45) is 0 Å². The van der Waals surface area contributed by atoms with Gasteiger partial charge in [-0.05, 0) is 0 Å². The van der Waals surface area contributed by atoms with E-state index in [2.05, 4.69) is 31.9 Å². The van der Waals surface area contributed by atoms with E-state index in [1.807, 2.05) is 0 Å².